The second kappa shape index (κ2) is 9.57. The molecule has 4 aromatic rings. The van der Waals surface area contributed by atoms with Crippen molar-refractivity contribution in [2.75, 3.05) is 20.8 Å². The van der Waals surface area contributed by atoms with Crippen LogP contribution in [0.1, 0.15) is 0 Å². The van der Waals surface area contributed by atoms with Gasteiger partial charge < -0.3 is 53.3 Å². The summed E-state index contributed by atoms with van der Waals surface area (Å²) in [4.78, 5) is 10.2. The number of phenols is 1. The predicted molar refractivity (Wildman–Crippen MR) is 126 cm³/mol. The molecule has 6 N–H and O–H groups in total. The zero-order valence-electron chi connectivity index (χ0n) is 19.7. The third kappa shape index (κ3) is 4.14. The number of ether oxygens (including phenoxy) is 4. The van der Waals surface area contributed by atoms with E-state index in [9.17, 15) is 30.3 Å². The summed E-state index contributed by atoms with van der Waals surface area (Å²) in [7, 11) is 2.71. The van der Waals surface area contributed by atoms with Crippen LogP contribution in [0.5, 0.6) is 23.0 Å². The molecule has 0 amide bonds. The Morgan fingerprint density at radius 2 is 1.62 bits per heavy atom. The molecule has 5 atom stereocenters. The molecular formula is C25H25O12+. The number of methoxy groups -OCH3 is 2. The number of aliphatic hydroxyl groups excluding tert-OH is 4. The molecule has 0 saturated carbocycles. The first-order chi connectivity index (χ1) is 17.8. The van der Waals surface area contributed by atoms with Crippen molar-refractivity contribution in [2.24, 2.45) is 0 Å². The summed E-state index contributed by atoms with van der Waals surface area (Å²) < 4.78 is 33.8. The van der Waals surface area contributed by atoms with Gasteiger partial charge in [0.25, 0.3) is 0 Å². The maximum atomic E-state index is 10.6. The fourth-order valence-corrected chi connectivity index (χ4v) is 4.35. The number of benzene rings is 2. The van der Waals surface area contributed by atoms with E-state index in [0.29, 0.717) is 16.3 Å². The highest BCUT2D eigenvalue weighted by molar-refractivity contribution is 6.09. The van der Waals surface area contributed by atoms with Crippen LogP contribution in [0.2, 0.25) is 0 Å². The Morgan fingerprint density at radius 1 is 0.946 bits per heavy atom. The van der Waals surface area contributed by atoms with Crippen LogP contribution >= 0.6 is 0 Å². The number of aliphatic hydroxyl groups is 4. The summed E-state index contributed by atoms with van der Waals surface area (Å²) in [5.41, 5.74) is 0.676. The Morgan fingerprint density at radius 3 is 2.27 bits per heavy atom. The largest absolute Gasteiger partial charge is 0.502 e. The normalized spacial score (nSPS) is 23.9. The predicted octanol–water partition coefficient (Wildman–Crippen LogP) is 0.752. The van der Waals surface area contributed by atoms with Crippen LogP contribution in [0, 0.1) is 0 Å². The first-order valence-corrected chi connectivity index (χ1v) is 11.2. The molecular weight excluding hydrogens is 492 g/mol. The number of hydrogen-bond donors (Lipinski definition) is 5. The molecule has 12 heteroatoms. The standard InChI is InChI=1S/C25H24O12/c1-32-15-5-10(6-16(33-2)19(15)28)23-24(37-25-22(31)21(30)20(29)17(9-26)36-25)12-3-4-34-13-7-11(27)8-14(35-23)18(12)13/h3-8,17,20-22,25-26,28-31H,9H2,1-2H3/p+1/t17-,20-,21+,22-,25+/m1/s1. The monoisotopic (exact) mass is 517 g/mol. The van der Waals surface area contributed by atoms with Gasteiger partial charge in [-0.25, -0.2) is 0 Å². The maximum Gasteiger partial charge on any atom is 0.347 e. The van der Waals surface area contributed by atoms with Gasteiger partial charge in [-0.15, -0.1) is 0 Å². The van der Waals surface area contributed by atoms with Crippen LogP contribution in [-0.4, -0.2) is 81.9 Å². The molecule has 37 heavy (non-hydrogen) atoms. The van der Waals surface area contributed by atoms with Gasteiger partial charge in [0.1, 0.15) is 35.6 Å². The van der Waals surface area contributed by atoms with Crippen LogP contribution in [0.25, 0.3) is 33.3 Å². The molecule has 1 saturated heterocycles. The van der Waals surface area contributed by atoms with Crippen molar-refractivity contribution in [1.82, 2.24) is 0 Å². The Bertz CT molecular complexity index is 1480. The molecule has 5 rings (SSSR count). The maximum absolute atomic E-state index is 10.6. The minimum absolute atomic E-state index is 0.0260. The van der Waals surface area contributed by atoms with E-state index in [1.165, 1.54) is 44.7 Å². The highest BCUT2D eigenvalue weighted by atomic mass is 16.7. The van der Waals surface area contributed by atoms with E-state index in [1.807, 2.05) is 0 Å². The Kier molecular flexibility index (Phi) is 6.43. The van der Waals surface area contributed by atoms with E-state index in [1.54, 1.807) is 6.07 Å². The number of hydrogen-bond acceptors (Lipinski definition) is 11. The molecule has 1 aliphatic heterocycles. The van der Waals surface area contributed by atoms with Gasteiger partial charge in [0.15, 0.2) is 23.0 Å². The molecule has 0 bridgehead atoms. The molecule has 3 heterocycles. The zero-order chi connectivity index (χ0) is 26.4. The van der Waals surface area contributed by atoms with Gasteiger partial charge in [-0.2, -0.15) is 0 Å². The summed E-state index contributed by atoms with van der Waals surface area (Å²) in [5, 5.41) is 51.8. The highest BCUT2D eigenvalue weighted by Gasteiger charge is 2.45. The van der Waals surface area contributed by atoms with Gasteiger partial charge in [0.05, 0.1) is 44.6 Å². The molecule has 2 aromatic carbocycles. The van der Waals surface area contributed by atoms with Crippen LogP contribution < -0.4 is 19.6 Å². The van der Waals surface area contributed by atoms with Gasteiger partial charge in [0, 0.05) is 10.9 Å². The highest BCUT2D eigenvalue weighted by Crippen LogP contribution is 2.46. The van der Waals surface area contributed by atoms with Gasteiger partial charge in [-0.1, -0.05) is 0 Å². The van der Waals surface area contributed by atoms with Crippen LogP contribution in [0.4, 0.5) is 0 Å². The van der Waals surface area contributed by atoms with E-state index < -0.39 is 37.3 Å². The lowest BCUT2D eigenvalue weighted by Crippen LogP contribution is -2.60. The molecule has 12 nitrogen and oxygen atoms in total. The Balaban J connectivity index is 1.77. The van der Waals surface area contributed by atoms with E-state index in [4.69, 9.17) is 27.8 Å². The summed E-state index contributed by atoms with van der Waals surface area (Å²) in [6.45, 7) is -0.643. The van der Waals surface area contributed by atoms with E-state index in [0.717, 1.165) is 0 Å². The average Bonchev–Trinajstić information content (AvgIpc) is 2.90. The zero-order valence-corrected chi connectivity index (χ0v) is 19.7. The van der Waals surface area contributed by atoms with E-state index in [-0.39, 0.29) is 45.4 Å². The lowest BCUT2D eigenvalue weighted by molar-refractivity contribution is -0.277. The van der Waals surface area contributed by atoms with Crippen LogP contribution in [0.15, 0.2) is 45.4 Å². The quantitative estimate of drug-likeness (QED) is 0.227. The lowest BCUT2D eigenvalue weighted by atomic mass is 9.99. The first kappa shape index (κ1) is 24.9. The van der Waals surface area contributed by atoms with Crippen molar-refractivity contribution in [1.29, 1.82) is 0 Å². The van der Waals surface area contributed by atoms with Gasteiger partial charge >= 0.3 is 5.43 Å². The minimum Gasteiger partial charge on any atom is -0.502 e. The minimum atomic E-state index is -1.69. The molecule has 1 fully saturated rings. The van der Waals surface area contributed by atoms with Crippen molar-refractivity contribution in [3.63, 3.8) is 0 Å². The summed E-state index contributed by atoms with van der Waals surface area (Å²) in [6.07, 6.45) is -6.32. The topological polar surface area (TPSA) is 186 Å². The second-order valence-electron chi connectivity index (χ2n) is 8.46. The summed E-state index contributed by atoms with van der Waals surface area (Å²) in [5.74, 6) is -0.0436. The van der Waals surface area contributed by atoms with Crippen LogP contribution in [-0.2, 0) is 4.74 Å². The summed E-state index contributed by atoms with van der Waals surface area (Å²) in [6, 6.07) is 7.25. The van der Waals surface area contributed by atoms with Gasteiger partial charge in [0.2, 0.25) is 12.0 Å². The van der Waals surface area contributed by atoms with Crippen LogP contribution in [0.3, 0.4) is 0 Å². The molecule has 0 radical (unpaired) electrons. The molecule has 1 aliphatic rings. The third-order valence-corrected chi connectivity index (χ3v) is 6.24. The van der Waals surface area contributed by atoms with Crippen molar-refractivity contribution >= 4 is 21.9 Å². The van der Waals surface area contributed by atoms with Gasteiger partial charge in [-0.3, -0.25) is 4.79 Å². The molecule has 0 aliphatic carbocycles. The Labute approximate surface area is 208 Å². The number of aromatic hydroxyl groups is 1. The van der Waals surface area contributed by atoms with Crippen molar-refractivity contribution < 1.29 is 58.1 Å². The van der Waals surface area contributed by atoms with Crippen molar-refractivity contribution in [3.05, 3.63) is 42.0 Å². The van der Waals surface area contributed by atoms with Crippen molar-refractivity contribution in [3.8, 4) is 34.3 Å². The lowest BCUT2D eigenvalue weighted by Gasteiger charge is -2.39. The van der Waals surface area contributed by atoms with Crippen molar-refractivity contribution in [2.45, 2.75) is 30.7 Å². The molecule has 0 unspecified atom stereocenters. The summed E-state index contributed by atoms with van der Waals surface area (Å²) >= 11 is 0. The third-order valence-electron chi connectivity index (χ3n) is 6.24. The second-order valence-corrected chi connectivity index (χ2v) is 8.46. The molecule has 2 aromatic heterocycles. The fourth-order valence-electron chi connectivity index (χ4n) is 4.35. The first-order valence-electron chi connectivity index (χ1n) is 11.2. The Hall–Kier alpha value is -3.81. The average molecular weight is 517 g/mol. The fraction of sp³-hybridized carbons (Fsp3) is 0.320. The number of phenolic OH excluding ortho intramolecular Hbond substituents is 1. The smallest absolute Gasteiger partial charge is 0.347 e. The molecule has 0 spiro atoms. The molecule has 196 valence electrons. The van der Waals surface area contributed by atoms with E-state index in [2.05, 4.69) is 0 Å². The van der Waals surface area contributed by atoms with E-state index >= 15 is 0 Å². The van der Waals surface area contributed by atoms with Gasteiger partial charge in [-0.05, 0) is 18.2 Å². The SMILES string of the molecule is COc1cc(-c2oc3cc(=[OH+])cc4occc(c2O[C@@H]2O[C@H](CO)[C@@H](O)[C@H](O)[C@H]2O)c43)cc(OC)c1O. The number of rotatable bonds is 6.